The van der Waals surface area contributed by atoms with Crippen LogP contribution in [0.5, 0.6) is 0 Å². The lowest BCUT2D eigenvalue weighted by atomic mass is 9.84. The minimum atomic E-state index is -0.260. The van der Waals surface area contributed by atoms with E-state index < -0.39 is 0 Å². The molecule has 2 atom stereocenters. The average molecular weight is 455 g/mol. The van der Waals surface area contributed by atoms with Crippen molar-refractivity contribution in [2.45, 2.75) is 38.8 Å². The first-order chi connectivity index (χ1) is 16.2. The van der Waals surface area contributed by atoms with Crippen LogP contribution < -0.4 is 9.80 Å². The molecule has 0 amide bonds. The van der Waals surface area contributed by atoms with Crippen LogP contribution in [0.2, 0.25) is 0 Å². The highest BCUT2D eigenvalue weighted by Crippen LogP contribution is 2.61. The van der Waals surface area contributed by atoms with Crippen LogP contribution in [0.25, 0.3) is 0 Å². The molecule has 2 aliphatic carbocycles. The Morgan fingerprint density at radius 3 is 2.00 bits per heavy atom. The summed E-state index contributed by atoms with van der Waals surface area (Å²) >= 11 is 7.23. The highest BCUT2D eigenvalue weighted by atomic mass is 35.5. The summed E-state index contributed by atoms with van der Waals surface area (Å²) in [5, 5.41) is 0.777. The molecule has 2 heterocycles. The van der Waals surface area contributed by atoms with Crippen molar-refractivity contribution in [3.05, 3.63) is 95.8 Å². The normalized spacial score (nSPS) is 24.7. The Hall–Kier alpha value is -3.11. The third-order valence-electron chi connectivity index (χ3n) is 7.45. The van der Waals surface area contributed by atoms with Crippen molar-refractivity contribution in [3.63, 3.8) is 0 Å². The summed E-state index contributed by atoms with van der Waals surface area (Å²) in [5.41, 5.74) is 3.93. The molecule has 2 unspecified atom stereocenters. The van der Waals surface area contributed by atoms with Gasteiger partial charge in [0.1, 0.15) is 0 Å². The van der Waals surface area contributed by atoms with E-state index in [0.29, 0.717) is 5.41 Å². The first-order valence-electron chi connectivity index (χ1n) is 11.7. The van der Waals surface area contributed by atoms with Crippen LogP contribution >= 0.6 is 11.6 Å². The predicted molar refractivity (Wildman–Crippen MR) is 135 cm³/mol. The van der Waals surface area contributed by atoms with Crippen LogP contribution in [-0.2, 0) is 0 Å². The van der Waals surface area contributed by atoms with E-state index in [1.165, 1.54) is 18.4 Å². The van der Waals surface area contributed by atoms with Crippen LogP contribution in [0.4, 0.5) is 23.0 Å². The molecule has 1 aliphatic heterocycles. The minimum absolute atomic E-state index is 0.260. The first kappa shape index (κ1) is 20.5. The number of hydrogen-bond donors (Lipinski definition) is 0. The molecule has 4 nitrogen and oxygen atoms in total. The Bertz CT molecular complexity index is 1160. The summed E-state index contributed by atoms with van der Waals surface area (Å²) in [6, 6.07) is 20.7. The smallest absolute Gasteiger partial charge is 0.178 e. The standard InChI is InChI=1S/C28H27ClN4/c1-20-18-28(20)14-8-9-21(19-28)17-24(29)27-32(22-10-4-2-5-11-22)25-26(31-16-15-30-25)33(27)23-12-6-3-7-13-23/h2-7,9-13,15-17,20,27H,8,14,18-19H2,1H3/b24-17-. The van der Waals surface area contributed by atoms with Gasteiger partial charge in [0, 0.05) is 23.8 Å². The van der Waals surface area contributed by atoms with Crippen molar-refractivity contribution in [2.75, 3.05) is 9.80 Å². The number of allylic oxidation sites excluding steroid dienone is 3. The molecule has 2 aromatic carbocycles. The van der Waals surface area contributed by atoms with E-state index >= 15 is 0 Å². The highest BCUT2D eigenvalue weighted by Gasteiger charge is 2.51. The summed E-state index contributed by atoms with van der Waals surface area (Å²) in [6.07, 6.45) is 12.7. The molecule has 0 N–H and O–H groups in total. The quantitative estimate of drug-likeness (QED) is 0.412. The summed E-state index contributed by atoms with van der Waals surface area (Å²) in [6.45, 7) is 2.38. The third-order valence-corrected chi connectivity index (χ3v) is 7.75. The van der Waals surface area contributed by atoms with E-state index in [4.69, 9.17) is 21.6 Å². The number of rotatable bonds is 4. The van der Waals surface area contributed by atoms with Gasteiger partial charge < -0.3 is 0 Å². The van der Waals surface area contributed by atoms with Crippen molar-refractivity contribution in [1.82, 2.24) is 9.97 Å². The number of nitrogens with zero attached hydrogens (tertiary/aromatic N) is 4. The second kappa shape index (κ2) is 8.03. The van der Waals surface area contributed by atoms with E-state index in [1.54, 1.807) is 12.4 Å². The van der Waals surface area contributed by atoms with Crippen molar-refractivity contribution < 1.29 is 0 Å². The fourth-order valence-electron chi connectivity index (χ4n) is 5.58. The molecule has 0 saturated heterocycles. The zero-order valence-electron chi connectivity index (χ0n) is 18.7. The maximum atomic E-state index is 7.23. The van der Waals surface area contributed by atoms with Gasteiger partial charge in [0.15, 0.2) is 17.8 Å². The molecule has 1 saturated carbocycles. The number of benzene rings is 2. The van der Waals surface area contributed by atoms with Crippen molar-refractivity contribution in [1.29, 1.82) is 0 Å². The molecule has 1 spiro atoms. The number of aromatic nitrogens is 2. The van der Waals surface area contributed by atoms with Crippen LogP contribution in [0.15, 0.2) is 95.8 Å². The molecule has 1 aromatic heterocycles. The number of halogens is 1. The number of anilines is 4. The Labute approximate surface area is 200 Å². The summed E-state index contributed by atoms with van der Waals surface area (Å²) in [7, 11) is 0. The van der Waals surface area contributed by atoms with E-state index in [9.17, 15) is 0 Å². The van der Waals surface area contributed by atoms with Crippen LogP contribution in [0.1, 0.15) is 32.6 Å². The molecule has 3 aromatic rings. The highest BCUT2D eigenvalue weighted by molar-refractivity contribution is 6.31. The van der Waals surface area contributed by atoms with E-state index in [2.05, 4.69) is 53.1 Å². The second-order valence-corrected chi connectivity index (χ2v) is 9.92. The second-order valence-electron chi connectivity index (χ2n) is 9.48. The summed E-state index contributed by atoms with van der Waals surface area (Å²) in [4.78, 5) is 13.9. The molecule has 0 bridgehead atoms. The van der Waals surface area contributed by atoms with E-state index in [0.717, 1.165) is 46.8 Å². The van der Waals surface area contributed by atoms with Gasteiger partial charge in [-0.2, -0.15) is 0 Å². The van der Waals surface area contributed by atoms with Crippen molar-refractivity contribution >= 4 is 34.6 Å². The van der Waals surface area contributed by atoms with Gasteiger partial charge in [0.05, 0.1) is 5.03 Å². The maximum Gasteiger partial charge on any atom is 0.178 e. The molecule has 0 radical (unpaired) electrons. The molecule has 6 rings (SSSR count). The Morgan fingerprint density at radius 2 is 1.48 bits per heavy atom. The lowest BCUT2D eigenvalue weighted by Gasteiger charge is -2.32. The lowest BCUT2D eigenvalue weighted by molar-refractivity contribution is 0.413. The fourth-order valence-corrected chi connectivity index (χ4v) is 5.92. The predicted octanol–water partition coefficient (Wildman–Crippen LogP) is 7.35. The van der Waals surface area contributed by atoms with Gasteiger partial charge in [-0.05, 0) is 67.4 Å². The van der Waals surface area contributed by atoms with Gasteiger partial charge in [-0.3, -0.25) is 9.80 Å². The van der Waals surface area contributed by atoms with Crippen molar-refractivity contribution in [2.24, 2.45) is 11.3 Å². The maximum absolute atomic E-state index is 7.23. The van der Waals surface area contributed by atoms with Gasteiger partial charge in [-0.1, -0.05) is 66.6 Å². The third kappa shape index (κ3) is 3.53. The zero-order chi connectivity index (χ0) is 22.4. The minimum Gasteiger partial charge on any atom is -0.297 e. The van der Waals surface area contributed by atoms with E-state index in [1.807, 2.05) is 36.4 Å². The number of hydrogen-bond acceptors (Lipinski definition) is 4. The van der Waals surface area contributed by atoms with Gasteiger partial charge in [0.2, 0.25) is 0 Å². The average Bonchev–Trinajstić information content (AvgIpc) is 3.31. The number of para-hydroxylation sites is 2. The zero-order valence-corrected chi connectivity index (χ0v) is 19.5. The van der Waals surface area contributed by atoms with Crippen molar-refractivity contribution in [3.8, 4) is 0 Å². The molecular formula is C28H27ClN4. The molecule has 3 aliphatic rings. The Morgan fingerprint density at radius 1 is 0.939 bits per heavy atom. The van der Waals surface area contributed by atoms with Crippen LogP contribution in [0.3, 0.4) is 0 Å². The SMILES string of the molecule is CC1CC12CCC=C(/C=C(\Cl)C1N(c3ccccc3)c3nccnc3N1c1ccccc1)C2. The largest absolute Gasteiger partial charge is 0.297 e. The fraction of sp³-hybridized carbons (Fsp3) is 0.286. The first-order valence-corrected chi connectivity index (χ1v) is 12.1. The van der Waals surface area contributed by atoms with Crippen LogP contribution in [-0.4, -0.2) is 16.1 Å². The van der Waals surface area contributed by atoms with Crippen LogP contribution in [0, 0.1) is 11.3 Å². The molecule has 5 heteroatoms. The van der Waals surface area contributed by atoms with Gasteiger partial charge >= 0.3 is 0 Å². The summed E-state index contributed by atoms with van der Waals surface area (Å²) < 4.78 is 0. The van der Waals surface area contributed by atoms with Gasteiger partial charge in [0.25, 0.3) is 0 Å². The van der Waals surface area contributed by atoms with Gasteiger partial charge in [-0.15, -0.1) is 0 Å². The van der Waals surface area contributed by atoms with Gasteiger partial charge in [-0.25, -0.2) is 9.97 Å². The Kier molecular flexibility index (Phi) is 4.99. The molecule has 33 heavy (non-hydrogen) atoms. The Balaban J connectivity index is 1.47. The van der Waals surface area contributed by atoms with E-state index in [-0.39, 0.29) is 6.17 Å². The molecule has 1 fully saturated rings. The monoisotopic (exact) mass is 454 g/mol. The topological polar surface area (TPSA) is 32.3 Å². The molecule has 166 valence electrons. The number of fused-ring (bicyclic) bond motifs is 1. The lowest BCUT2D eigenvalue weighted by Crippen LogP contribution is -2.39. The molecular weight excluding hydrogens is 428 g/mol. The summed E-state index contributed by atoms with van der Waals surface area (Å²) in [5.74, 6) is 2.45.